The van der Waals surface area contributed by atoms with Crippen molar-refractivity contribution < 1.29 is 48.5 Å². The number of rotatable bonds is 27. The summed E-state index contributed by atoms with van der Waals surface area (Å²) in [6.07, 6.45) is 0.383. The van der Waals surface area contributed by atoms with Gasteiger partial charge in [0, 0.05) is 25.2 Å². The van der Waals surface area contributed by atoms with Gasteiger partial charge in [-0.05, 0) is 66.0 Å². The van der Waals surface area contributed by atoms with Gasteiger partial charge in [0.1, 0.15) is 30.3 Å². The molecule has 0 heterocycles. The molecule has 0 aromatic heterocycles. The maximum atomic E-state index is 10.1. The van der Waals surface area contributed by atoms with Gasteiger partial charge in [-0.2, -0.15) is 0 Å². The normalized spacial score (nSPS) is 15.6. The van der Waals surface area contributed by atoms with Crippen molar-refractivity contribution in [3.63, 3.8) is 0 Å². The average Bonchev–Trinajstić information content (AvgIpc) is 2.95. The van der Waals surface area contributed by atoms with E-state index in [2.05, 4.69) is 0 Å². The summed E-state index contributed by atoms with van der Waals surface area (Å²) in [7, 11) is 0. The Morgan fingerprint density at radius 1 is 0.659 bits per heavy atom. The number of aliphatic hydroxyl groups excluding tert-OH is 3. The van der Waals surface area contributed by atoms with E-state index in [1.165, 1.54) is 0 Å². The Labute approximate surface area is 265 Å². The van der Waals surface area contributed by atoms with Crippen LogP contribution in [-0.2, 0) is 28.4 Å². The second-order valence-electron chi connectivity index (χ2n) is 13.2. The Kier molecular flexibility index (Phi) is 19.1. The van der Waals surface area contributed by atoms with Gasteiger partial charge >= 0.3 is 0 Å². The highest BCUT2D eigenvalue weighted by Crippen LogP contribution is 2.33. The molecule has 11 nitrogen and oxygen atoms in total. The van der Waals surface area contributed by atoms with Crippen molar-refractivity contribution in [2.75, 3.05) is 72.7 Å². The summed E-state index contributed by atoms with van der Waals surface area (Å²) in [5.74, 6) is 0.709. The van der Waals surface area contributed by atoms with E-state index >= 15 is 0 Å². The maximum Gasteiger partial charge on any atom is 0.121 e. The largest absolute Gasteiger partial charge is 0.491 e. The van der Waals surface area contributed by atoms with Crippen LogP contribution in [0.4, 0.5) is 0 Å². The van der Waals surface area contributed by atoms with Crippen molar-refractivity contribution in [1.82, 2.24) is 0 Å². The van der Waals surface area contributed by atoms with Crippen molar-refractivity contribution in [1.29, 1.82) is 0 Å². The smallest absolute Gasteiger partial charge is 0.121 e. The number of hydrogen-bond acceptors (Lipinski definition) is 11. The molecule has 0 spiro atoms. The molecule has 11 heteroatoms. The van der Waals surface area contributed by atoms with E-state index in [0.717, 1.165) is 0 Å². The number of nitrogens with two attached hydrogens (primary N) is 1. The van der Waals surface area contributed by atoms with Gasteiger partial charge in [-0.1, -0.05) is 32.0 Å². The van der Waals surface area contributed by atoms with Crippen molar-refractivity contribution in [2.45, 2.75) is 96.9 Å². The minimum Gasteiger partial charge on any atom is -0.491 e. The minimum atomic E-state index is -0.948. The fourth-order valence-electron chi connectivity index (χ4n) is 3.69. The molecule has 258 valence electrons. The van der Waals surface area contributed by atoms with Gasteiger partial charge in [-0.15, -0.1) is 0 Å². The van der Waals surface area contributed by atoms with Crippen molar-refractivity contribution in [2.24, 2.45) is 11.1 Å². The van der Waals surface area contributed by atoms with Crippen LogP contribution in [0.25, 0.3) is 0 Å². The monoisotopic (exact) mass is 631 g/mol. The first-order valence-corrected chi connectivity index (χ1v) is 15.7. The molecule has 0 aliphatic carbocycles. The van der Waals surface area contributed by atoms with E-state index in [1.54, 1.807) is 0 Å². The third-order valence-electron chi connectivity index (χ3n) is 7.41. The summed E-state index contributed by atoms with van der Waals surface area (Å²) in [5, 5.41) is 28.8. The number of ether oxygens (including phenoxy) is 7. The quantitative estimate of drug-likeness (QED) is 0.0836. The van der Waals surface area contributed by atoms with Crippen LogP contribution in [0.15, 0.2) is 30.3 Å². The van der Waals surface area contributed by atoms with Gasteiger partial charge in [0.15, 0.2) is 0 Å². The van der Waals surface area contributed by atoms with Gasteiger partial charge in [0.2, 0.25) is 0 Å². The molecule has 0 aliphatic rings. The molecule has 0 radical (unpaired) electrons. The van der Waals surface area contributed by atoms with E-state index in [-0.39, 0.29) is 33.0 Å². The minimum absolute atomic E-state index is 0.0684. The Hall–Kier alpha value is -1.38. The lowest BCUT2D eigenvalue weighted by atomic mass is 9.83. The highest BCUT2D eigenvalue weighted by Gasteiger charge is 2.40. The zero-order valence-electron chi connectivity index (χ0n) is 28.2. The third kappa shape index (κ3) is 18.6. The zero-order chi connectivity index (χ0) is 33.1. The van der Waals surface area contributed by atoms with Gasteiger partial charge in [0.05, 0.1) is 57.5 Å². The molecular weight excluding hydrogens is 570 g/mol. The molecule has 3 unspecified atom stereocenters. The summed E-state index contributed by atoms with van der Waals surface area (Å²) >= 11 is 0. The van der Waals surface area contributed by atoms with E-state index < -0.39 is 34.6 Å². The van der Waals surface area contributed by atoms with Crippen LogP contribution in [0, 0.1) is 5.41 Å². The van der Waals surface area contributed by atoms with Crippen LogP contribution in [0.1, 0.15) is 67.7 Å². The molecule has 44 heavy (non-hydrogen) atoms. The van der Waals surface area contributed by atoms with Crippen LogP contribution in [0.5, 0.6) is 5.75 Å². The van der Waals surface area contributed by atoms with Gasteiger partial charge < -0.3 is 54.2 Å². The Morgan fingerprint density at radius 3 is 1.84 bits per heavy atom. The second-order valence-corrected chi connectivity index (χ2v) is 13.2. The molecule has 0 saturated carbocycles. The maximum absolute atomic E-state index is 10.1. The molecule has 0 bridgehead atoms. The first kappa shape index (κ1) is 40.6. The van der Waals surface area contributed by atoms with Gasteiger partial charge in [-0.3, -0.25) is 0 Å². The lowest BCUT2D eigenvalue weighted by Crippen LogP contribution is -2.55. The topological polar surface area (TPSA) is 151 Å². The van der Waals surface area contributed by atoms with Crippen LogP contribution < -0.4 is 10.5 Å². The van der Waals surface area contributed by atoms with Crippen molar-refractivity contribution in [3.05, 3.63) is 30.3 Å². The van der Waals surface area contributed by atoms with E-state index in [4.69, 9.17) is 44.0 Å². The fraction of sp³-hybridized carbons (Fsp3) is 0.818. The van der Waals surface area contributed by atoms with E-state index in [0.29, 0.717) is 64.7 Å². The Balaban J connectivity index is 2.26. The predicted molar refractivity (Wildman–Crippen MR) is 170 cm³/mol. The standard InChI is InChI=1S/C33H61NO10/c1-30(2,26-44-32(5,6)14-18-39-23-27(36)22-38-17-11-16-35)33(7,34)43-19-15-31(3,4)42-21-20-40-24-28(37)25-41-29-12-9-8-10-13-29/h8-10,12-13,27-28,35-37H,11,14-26,34H2,1-7H3. The number of aliphatic hydroxyl groups is 3. The molecule has 5 N–H and O–H groups in total. The second kappa shape index (κ2) is 20.7. The molecule has 0 fully saturated rings. The number of para-hydroxylation sites is 1. The summed E-state index contributed by atoms with van der Waals surface area (Å²) < 4.78 is 40.4. The highest BCUT2D eigenvalue weighted by molar-refractivity contribution is 5.20. The molecule has 0 aliphatic heterocycles. The Morgan fingerprint density at radius 2 is 1.20 bits per heavy atom. The van der Waals surface area contributed by atoms with Crippen LogP contribution in [0.2, 0.25) is 0 Å². The molecule has 1 aromatic rings. The summed E-state index contributed by atoms with van der Waals surface area (Å²) in [6.45, 7) is 17.0. The van der Waals surface area contributed by atoms with Crippen LogP contribution >= 0.6 is 0 Å². The SMILES string of the molecule is CC(C)(CCOC(C)(N)C(C)(C)COC(C)(C)CCOCC(O)COCCCO)OCCOCC(O)COc1ccccc1. The summed E-state index contributed by atoms with van der Waals surface area (Å²) in [4.78, 5) is 0. The number of benzene rings is 1. The highest BCUT2D eigenvalue weighted by atomic mass is 16.6. The third-order valence-corrected chi connectivity index (χ3v) is 7.41. The lowest BCUT2D eigenvalue weighted by molar-refractivity contribution is -0.165. The average molecular weight is 632 g/mol. The molecule has 0 amide bonds. The summed E-state index contributed by atoms with van der Waals surface area (Å²) in [5.41, 5.74) is 4.28. The number of hydrogen-bond donors (Lipinski definition) is 4. The molecule has 0 saturated heterocycles. The molecule has 1 rings (SSSR count). The van der Waals surface area contributed by atoms with Gasteiger partial charge in [-0.25, -0.2) is 0 Å². The molecule has 3 atom stereocenters. The van der Waals surface area contributed by atoms with E-state index in [1.807, 2.05) is 78.8 Å². The van der Waals surface area contributed by atoms with Crippen LogP contribution in [0.3, 0.4) is 0 Å². The van der Waals surface area contributed by atoms with E-state index in [9.17, 15) is 10.2 Å². The van der Waals surface area contributed by atoms with Gasteiger partial charge in [0.25, 0.3) is 0 Å². The lowest BCUT2D eigenvalue weighted by Gasteiger charge is -2.43. The van der Waals surface area contributed by atoms with Crippen molar-refractivity contribution >= 4 is 0 Å². The Bertz CT molecular complexity index is 850. The first-order chi connectivity index (χ1) is 20.6. The molecule has 1 aromatic carbocycles. The fourth-order valence-corrected chi connectivity index (χ4v) is 3.69. The molecular formula is C33H61NO10. The first-order valence-electron chi connectivity index (χ1n) is 15.7. The zero-order valence-corrected chi connectivity index (χ0v) is 28.2. The predicted octanol–water partition coefficient (Wildman–Crippen LogP) is 3.31. The van der Waals surface area contributed by atoms with Crippen molar-refractivity contribution in [3.8, 4) is 5.75 Å². The van der Waals surface area contributed by atoms with Crippen LogP contribution in [-0.4, -0.2) is 117 Å². The summed E-state index contributed by atoms with van der Waals surface area (Å²) in [6, 6.07) is 9.34.